The van der Waals surface area contributed by atoms with Crippen molar-refractivity contribution >= 4 is 11.7 Å². The number of carbonyl (C=O) groups is 1. The SMILES string of the molecule is O=C(NCCNc1cnccn1)C1COc2ccccc2C1. The molecule has 3 rings (SSSR count). The molecule has 1 aliphatic rings. The summed E-state index contributed by atoms with van der Waals surface area (Å²) in [6.45, 7) is 1.57. The minimum atomic E-state index is -0.133. The number of carbonyl (C=O) groups excluding carboxylic acids is 1. The lowest BCUT2D eigenvalue weighted by molar-refractivity contribution is -0.126. The van der Waals surface area contributed by atoms with E-state index in [4.69, 9.17) is 4.74 Å². The molecule has 2 heterocycles. The Morgan fingerprint density at radius 3 is 3.05 bits per heavy atom. The summed E-state index contributed by atoms with van der Waals surface area (Å²) in [5.41, 5.74) is 1.09. The van der Waals surface area contributed by atoms with Crippen LogP contribution in [0.3, 0.4) is 0 Å². The number of benzene rings is 1. The van der Waals surface area contributed by atoms with Gasteiger partial charge in [-0.05, 0) is 18.1 Å². The maximum Gasteiger partial charge on any atom is 0.226 e. The Hall–Kier alpha value is -2.63. The molecule has 0 saturated carbocycles. The normalized spacial score (nSPS) is 16.3. The number of fused-ring (bicyclic) bond motifs is 1. The topological polar surface area (TPSA) is 76.1 Å². The fourth-order valence-electron chi connectivity index (χ4n) is 2.41. The molecule has 1 aromatic carbocycles. The van der Waals surface area contributed by atoms with Gasteiger partial charge < -0.3 is 15.4 Å². The van der Waals surface area contributed by atoms with E-state index in [0.29, 0.717) is 25.5 Å². The van der Waals surface area contributed by atoms with Gasteiger partial charge in [0, 0.05) is 25.5 Å². The fourth-order valence-corrected chi connectivity index (χ4v) is 2.41. The summed E-state index contributed by atoms with van der Waals surface area (Å²) >= 11 is 0. The Bertz CT molecular complexity index is 633. The van der Waals surface area contributed by atoms with Gasteiger partial charge in [0.25, 0.3) is 0 Å². The summed E-state index contributed by atoms with van der Waals surface area (Å²) in [5.74, 6) is 1.48. The molecule has 2 aromatic rings. The molecule has 0 saturated heterocycles. The number of anilines is 1. The first-order valence-corrected chi connectivity index (χ1v) is 7.31. The zero-order chi connectivity index (χ0) is 15.2. The molecule has 1 aliphatic heterocycles. The van der Waals surface area contributed by atoms with E-state index in [1.54, 1.807) is 18.6 Å². The molecule has 0 radical (unpaired) electrons. The van der Waals surface area contributed by atoms with Crippen molar-refractivity contribution in [1.82, 2.24) is 15.3 Å². The van der Waals surface area contributed by atoms with Crippen LogP contribution in [0.25, 0.3) is 0 Å². The predicted molar refractivity (Wildman–Crippen MR) is 82.7 cm³/mol. The first-order chi connectivity index (χ1) is 10.8. The molecule has 1 aromatic heterocycles. The van der Waals surface area contributed by atoms with Crippen molar-refractivity contribution in [3.63, 3.8) is 0 Å². The Morgan fingerprint density at radius 2 is 2.18 bits per heavy atom. The number of aromatic nitrogens is 2. The summed E-state index contributed by atoms with van der Waals surface area (Å²) in [4.78, 5) is 20.2. The zero-order valence-electron chi connectivity index (χ0n) is 12.2. The van der Waals surface area contributed by atoms with Crippen LogP contribution in [-0.4, -0.2) is 35.6 Å². The number of nitrogens with zero attached hydrogens (tertiary/aromatic N) is 2. The molecular formula is C16H18N4O2. The highest BCUT2D eigenvalue weighted by Gasteiger charge is 2.25. The third-order valence-corrected chi connectivity index (χ3v) is 3.54. The molecule has 6 heteroatoms. The molecule has 0 fully saturated rings. The average molecular weight is 298 g/mol. The maximum atomic E-state index is 12.2. The molecule has 0 spiro atoms. The molecule has 1 amide bonds. The third-order valence-electron chi connectivity index (χ3n) is 3.54. The quantitative estimate of drug-likeness (QED) is 0.813. The average Bonchev–Trinajstić information content (AvgIpc) is 2.59. The first-order valence-electron chi connectivity index (χ1n) is 7.31. The van der Waals surface area contributed by atoms with Crippen LogP contribution < -0.4 is 15.4 Å². The first kappa shape index (κ1) is 14.3. The number of hydrogen-bond acceptors (Lipinski definition) is 5. The van der Waals surface area contributed by atoms with Gasteiger partial charge in [0.05, 0.1) is 12.1 Å². The lowest BCUT2D eigenvalue weighted by atomic mass is 9.96. The van der Waals surface area contributed by atoms with Crippen molar-refractivity contribution < 1.29 is 9.53 Å². The van der Waals surface area contributed by atoms with E-state index in [1.807, 2.05) is 24.3 Å². The summed E-state index contributed by atoms with van der Waals surface area (Å²) in [6, 6.07) is 7.85. The molecule has 1 atom stereocenters. The minimum Gasteiger partial charge on any atom is -0.492 e. The van der Waals surface area contributed by atoms with Crippen molar-refractivity contribution in [3.05, 3.63) is 48.4 Å². The molecular weight excluding hydrogens is 280 g/mol. The van der Waals surface area contributed by atoms with Gasteiger partial charge >= 0.3 is 0 Å². The van der Waals surface area contributed by atoms with Gasteiger partial charge in [-0.15, -0.1) is 0 Å². The molecule has 0 aliphatic carbocycles. The Morgan fingerprint density at radius 1 is 1.27 bits per heavy atom. The van der Waals surface area contributed by atoms with Crippen LogP contribution in [0.4, 0.5) is 5.82 Å². The molecule has 1 unspecified atom stereocenters. The Balaban J connectivity index is 1.43. The molecule has 114 valence electrons. The van der Waals surface area contributed by atoms with Gasteiger partial charge in [0.15, 0.2) is 0 Å². The Kier molecular flexibility index (Phi) is 4.48. The van der Waals surface area contributed by atoms with Gasteiger partial charge in [0.2, 0.25) is 5.91 Å². The largest absolute Gasteiger partial charge is 0.492 e. The van der Waals surface area contributed by atoms with Crippen molar-refractivity contribution in [2.75, 3.05) is 25.0 Å². The number of nitrogens with one attached hydrogen (secondary N) is 2. The second-order valence-electron chi connectivity index (χ2n) is 5.13. The van der Waals surface area contributed by atoms with Crippen molar-refractivity contribution in [3.8, 4) is 5.75 Å². The zero-order valence-corrected chi connectivity index (χ0v) is 12.2. The van der Waals surface area contributed by atoms with Crippen LogP contribution in [0.15, 0.2) is 42.9 Å². The van der Waals surface area contributed by atoms with Crippen molar-refractivity contribution in [1.29, 1.82) is 0 Å². The van der Waals surface area contributed by atoms with Crippen molar-refractivity contribution in [2.24, 2.45) is 5.92 Å². The molecule has 0 bridgehead atoms. The fraction of sp³-hybridized carbons (Fsp3) is 0.312. The van der Waals surface area contributed by atoms with Crippen LogP contribution in [0.2, 0.25) is 0 Å². The second kappa shape index (κ2) is 6.89. The number of hydrogen-bond donors (Lipinski definition) is 2. The lowest BCUT2D eigenvalue weighted by Gasteiger charge is -2.24. The van der Waals surface area contributed by atoms with Crippen LogP contribution in [0.5, 0.6) is 5.75 Å². The predicted octanol–water partition coefficient (Wildman–Crippen LogP) is 1.26. The lowest BCUT2D eigenvalue weighted by Crippen LogP contribution is -2.39. The van der Waals surface area contributed by atoms with Crippen LogP contribution >= 0.6 is 0 Å². The minimum absolute atomic E-state index is 0.0236. The summed E-state index contributed by atoms with van der Waals surface area (Å²) < 4.78 is 5.64. The van der Waals surface area contributed by atoms with Crippen LogP contribution in [0, 0.1) is 5.92 Å². The van der Waals surface area contributed by atoms with E-state index in [0.717, 1.165) is 17.7 Å². The number of amides is 1. The highest BCUT2D eigenvalue weighted by atomic mass is 16.5. The summed E-state index contributed by atoms with van der Waals surface area (Å²) in [7, 11) is 0. The van der Waals surface area contributed by atoms with E-state index >= 15 is 0 Å². The summed E-state index contributed by atoms with van der Waals surface area (Å²) in [6.07, 6.45) is 5.61. The van der Waals surface area contributed by atoms with E-state index < -0.39 is 0 Å². The van der Waals surface area contributed by atoms with E-state index in [1.165, 1.54) is 0 Å². The second-order valence-corrected chi connectivity index (χ2v) is 5.13. The van der Waals surface area contributed by atoms with E-state index in [-0.39, 0.29) is 11.8 Å². The highest BCUT2D eigenvalue weighted by molar-refractivity contribution is 5.79. The molecule has 2 N–H and O–H groups in total. The monoisotopic (exact) mass is 298 g/mol. The standard InChI is InChI=1S/C16H18N4O2/c21-16(20-8-7-19-15-10-17-5-6-18-15)13-9-12-3-1-2-4-14(12)22-11-13/h1-6,10,13H,7-9,11H2,(H,18,19)(H,20,21). The number of para-hydroxylation sites is 1. The highest BCUT2D eigenvalue weighted by Crippen LogP contribution is 2.26. The van der Waals surface area contributed by atoms with Crippen LogP contribution in [0.1, 0.15) is 5.56 Å². The smallest absolute Gasteiger partial charge is 0.226 e. The maximum absolute atomic E-state index is 12.2. The van der Waals surface area contributed by atoms with Gasteiger partial charge in [-0.3, -0.25) is 9.78 Å². The van der Waals surface area contributed by atoms with E-state index in [2.05, 4.69) is 20.6 Å². The van der Waals surface area contributed by atoms with Crippen LogP contribution in [-0.2, 0) is 11.2 Å². The summed E-state index contributed by atoms with van der Waals surface area (Å²) in [5, 5.41) is 6.02. The molecule has 6 nitrogen and oxygen atoms in total. The van der Waals surface area contributed by atoms with Gasteiger partial charge in [0.1, 0.15) is 18.2 Å². The number of rotatable bonds is 5. The van der Waals surface area contributed by atoms with Crippen molar-refractivity contribution in [2.45, 2.75) is 6.42 Å². The van der Waals surface area contributed by atoms with Gasteiger partial charge in [-0.2, -0.15) is 0 Å². The third kappa shape index (κ3) is 3.52. The number of ether oxygens (including phenoxy) is 1. The van der Waals surface area contributed by atoms with Gasteiger partial charge in [-0.1, -0.05) is 18.2 Å². The Labute approximate surface area is 128 Å². The van der Waals surface area contributed by atoms with E-state index in [9.17, 15) is 4.79 Å². The van der Waals surface area contributed by atoms with Gasteiger partial charge in [-0.25, -0.2) is 4.98 Å². The molecule has 22 heavy (non-hydrogen) atoms.